The molecule has 0 N–H and O–H groups in total. The third-order valence-corrected chi connectivity index (χ3v) is 3.66. The zero-order valence-electron chi connectivity index (χ0n) is 10.9. The van der Waals surface area contributed by atoms with Gasteiger partial charge in [0, 0.05) is 11.6 Å². The molecule has 96 valence electrons. The molecule has 0 amide bonds. The molecule has 1 aliphatic rings. The lowest BCUT2D eigenvalue weighted by Gasteiger charge is -2.38. The van der Waals surface area contributed by atoms with E-state index in [-0.39, 0.29) is 0 Å². The Morgan fingerprint density at radius 2 is 1.89 bits per heavy atom. The first-order valence-corrected chi connectivity index (χ1v) is 5.99. The van der Waals surface area contributed by atoms with Crippen molar-refractivity contribution in [2.45, 2.75) is 31.7 Å². The zero-order chi connectivity index (χ0) is 13.2. The lowest BCUT2D eigenvalue weighted by atomic mass is 9.71. The van der Waals surface area contributed by atoms with Crippen LogP contribution in [-0.2, 0) is 10.3 Å². The van der Waals surface area contributed by atoms with Gasteiger partial charge in [-0.15, -0.1) is 0 Å². The molecule has 0 atom stereocenters. The highest BCUT2D eigenvalue weighted by atomic mass is 16.5. The van der Waals surface area contributed by atoms with Gasteiger partial charge in [0.15, 0.2) is 0 Å². The number of nitrogens with zero attached hydrogens (tertiary/aromatic N) is 1. The van der Waals surface area contributed by atoms with Crippen LogP contribution >= 0.6 is 0 Å². The van der Waals surface area contributed by atoms with E-state index >= 15 is 0 Å². The molecule has 0 aliphatic heterocycles. The van der Waals surface area contributed by atoms with Crippen LogP contribution < -0.4 is 9.47 Å². The van der Waals surface area contributed by atoms with Crippen molar-refractivity contribution >= 4 is 6.08 Å². The summed E-state index contributed by atoms with van der Waals surface area (Å²) in [7, 11) is 3.24. The van der Waals surface area contributed by atoms with Crippen LogP contribution in [0.1, 0.15) is 30.4 Å². The van der Waals surface area contributed by atoms with Crippen LogP contribution in [0.3, 0.4) is 0 Å². The summed E-state index contributed by atoms with van der Waals surface area (Å²) < 4.78 is 10.7. The molecule has 0 heterocycles. The average Bonchev–Trinajstić information content (AvgIpc) is 2.33. The normalized spacial score (nSPS) is 16.4. The van der Waals surface area contributed by atoms with E-state index in [0.717, 1.165) is 41.9 Å². The second-order valence-corrected chi connectivity index (χ2v) is 4.61. The number of carbonyl (C=O) groups excluding carboxylic acids is 1. The van der Waals surface area contributed by atoms with Crippen LogP contribution in [0.5, 0.6) is 11.5 Å². The molecule has 0 bridgehead atoms. The maximum absolute atomic E-state index is 10.6. The highest BCUT2D eigenvalue weighted by Gasteiger charge is 2.41. The van der Waals surface area contributed by atoms with Gasteiger partial charge in [0.1, 0.15) is 17.0 Å². The van der Waals surface area contributed by atoms with Crippen LogP contribution in [-0.4, -0.2) is 20.3 Å². The Bertz CT molecular complexity index is 500. The average molecular weight is 247 g/mol. The molecule has 4 nitrogen and oxygen atoms in total. The number of hydrogen-bond acceptors (Lipinski definition) is 4. The zero-order valence-corrected chi connectivity index (χ0v) is 10.9. The predicted molar refractivity (Wildman–Crippen MR) is 67.9 cm³/mol. The lowest BCUT2D eigenvalue weighted by Crippen LogP contribution is -2.32. The van der Waals surface area contributed by atoms with E-state index in [9.17, 15) is 4.79 Å². The van der Waals surface area contributed by atoms with E-state index in [0.29, 0.717) is 0 Å². The summed E-state index contributed by atoms with van der Waals surface area (Å²) in [6, 6.07) is 3.85. The summed E-state index contributed by atoms with van der Waals surface area (Å²) in [5.41, 5.74) is 1.53. The van der Waals surface area contributed by atoms with Crippen LogP contribution in [0.15, 0.2) is 17.1 Å². The summed E-state index contributed by atoms with van der Waals surface area (Å²) in [4.78, 5) is 14.6. The molecule has 0 radical (unpaired) electrons. The number of aryl methyl sites for hydroxylation is 1. The van der Waals surface area contributed by atoms with E-state index in [2.05, 4.69) is 4.99 Å². The Morgan fingerprint density at radius 1 is 1.22 bits per heavy atom. The molecule has 1 aromatic carbocycles. The molecule has 1 aromatic rings. The lowest BCUT2D eigenvalue weighted by molar-refractivity contribution is 0.245. The van der Waals surface area contributed by atoms with Gasteiger partial charge < -0.3 is 9.47 Å². The van der Waals surface area contributed by atoms with Gasteiger partial charge >= 0.3 is 0 Å². The number of rotatable bonds is 4. The number of isocyanates is 1. The van der Waals surface area contributed by atoms with Gasteiger partial charge in [0.05, 0.1) is 14.2 Å². The Balaban J connectivity index is 2.55. The number of ether oxygens (including phenoxy) is 2. The smallest absolute Gasteiger partial charge is 0.235 e. The quantitative estimate of drug-likeness (QED) is 0.607. The first-order chi connectivity index (χ1) is 8.66. The summed E-state index contributed by atoms with van der Waals surface area (Å²) in [6.07, 6.45) is 4.50. The summed E-state index contributed by atoms with van der Waals surface area (Å²) in [6.45, 7) is 1.97. The van der Waals surface area contributed by atoms with Crippen LogP contribution in [0, 0.1) is 6.92 Å². The molecule has 18 heavy (non-hydrogen) atoms. The van der Waals surface area contributed by atoms with E-state index in [1.807, 2.05) is 19.1 Å². The number of aliphatic imine (C=N–C) groups is 1. The van der Waals surface area contributed by atoms with Crippen molar-refractivity contribution < 1.29 is 14.3 Å². The van der Waals surface area contributed by atoms with E-state index < -0.39 is 5.54 Å². The summed E-state index contributed by atoms with van der Waals surface area (Å²) in [5.74, 6) is 1.50. The van der Waals surface area contributed by atoms with Gasteiger partial charge in [-0.3, -0.25) is 0 Å². The second-order valence-electron chi connectivity index (χ2n) is 4.61. The predicted octanol–water partition coefficient (Wildman–Crippen LogP) is 2.73. The van der Waals surface area contributed by atoms with Crippen molar-refractivity contribution in [1.29, 1.82) is 0 Å². The van der Waals surface area contributed by atoms with Crippen molar-refractivity contribution in [2.24, 2.45) is 4.99 Å². The Hall–Kier alpha value is -1.80. The minimum absolute atomic E-state index is 0.440. The minimum Gasteiger partial charge on any atom is -0.496 e. The Labute approximate surface area is 107 Å². The van der Waals surface area contributed by atoms with Crippen LogP contribution in [0.2, 0.25) is 0 Å². The molecule has 1 saturated carbocycles. The highest BCUT2D eigenvalue weighted by molar-refractivity contribution is 5.51. The Kier molecular flexibility index (Phi) is 3.39. The van der Waals surface area contributed by atoms with Crippen LogP contribution in [0.4, 0.5) is 0 Å². The molecule has 1 aliphatic carbocycles. The van der Waals surface area contributed by atoms with Crippen molar-refractivity contribution in [3.63, 3.8) is 0 Å². The van der Waals surface area contributed by atoms with Gasteiger partial charge in [-0.1, -0.05) is 0 Å². The monoisotopic (exact) mass is 247 g/mol. The molecule has 0 saturated heterocycles. The second kappa shape index (κ2) is 4.83. The van der Waals surface area contributed by atoms with Gasteiger partial charge in [-0.25, -0.2) is 4.79 Å². The SMILES string of the molecule is COc1cc(OC)c(C2(N=C=O)CCC2)cc1C. The van der Waals surface area contributed by atoms with Gasteiger partial charge in [0.2, 0.25) is 6.08 Å². The molecule has 1 fully saturated rings. The molecule has 0 aromatic heterocycles. The Morgan fingerprint density at radius 3 is 2.33 bits per heavy atom. The van der Waals surface area contributed by atoms with Crippen molar-refractivity contribution in [1.82, 2.24) is 0 Å². The summed E-state index contributed by atoms with van der Waals surface area (Å²) in [5, 5.41) is 0. The molecular formula is C14H17NO3. The van der Waals surface area contributed by atoms with E-state index in [1.54, 1.807) is 20.3 Å². The molecule has 0 spiro atoms. The first-order valence-electron chi connectivity index (χ1n) is 5.99. The van der Waals surface area contributed by atoms with Gasteiger partial charge in [-0.05, 0) is 37.8 Å². The molecular weight excluding hydrogens is 230 g/mol. The summed E-state index contributed by atoms with van der Waals surface area (Å²) >= 11 is 0. The standard InChI is InChI=1S/C14H17NO3/c1-10-7-11(13(18-3)8-12(10)17-2)14(15-9-16)5-4-6-14/h7-8H,4-6H2,1-3H3. The van der Waals surface area contributed by atoms with Gasteiger partial charge in [-0.2, -0.15) is 4.99 Å². The molecule has 2 rings (SSSR count). The third kappa shape index (κ3) is 1.89. The first kappa shape index (κ1) is 12.7. The van der Waals surface area contributed by atoms with Crippen molar-refractivity contribution in [3.05, 3.63) is 23.3 Å². The number of hydrogen-bond donors (Lipinski definition) is 0. The highest BCUT2D eigenvalue weighted by Crippen LogP contribution is 2.49. The fraction of sp³-hybridized carbons (Fsp3) is 0.500. The van der Waals surface area contributed by atoms with E-state index in [1.165, 1.54) is 0 Å². The van der Waals surface area contributed by atoms with E-state index in [4.69, 9.17) is 9.47 Å². The topological polar surface area (TPSA) is 47.9 Å². The third-order valence-electron chi connectivity index (χ3n) is 3.66. The fourth-order valence-electron chi connectivity index (χ4n) is 2.46. The number of methoxy groups -OCH3 is 2. The van der Waals surface area contributed by atoms with Crippen molar-refractivity contribution in [3.8, 4) is 11.5 Å². The molecule has 0 unspecified atom stereocenters. The maximum atomic E-state index is 10.6. The largest absolute Gasteiger partial charge is 0.496 e. The van der Waals surface area contributed by atoms with Gasteiger partial charge in [0.25, 0.3) is 0 Å². The maximum Gasteiger partial charge on any atom is 0.235 e. The molecule has 4 heteroatoms. The van der Waals surface area contributed by atoms with Crippen molar-refractivity contribution in [2.75, 3.05) is 14.2 Å². The van der Waals surface area contributed by atoms with Crippen LogP contribution in [0.25, 0.3) is 0 Å². The fourth-order valence-corrected chi connectivity index (χ4v) is 2.46. The minimum atomic E-state index is -0.440. The number of benzene rings is 1.